The first-order valence-corrected chi connectivity index (χ1v) is 13.7. The molecular weight excluding hydrogens is 537 g/mol. The van der Waals surface area contributed by atoms with Gasteiger partial charge in [0.1, 0.15) is 17.7 Å². The lowest BCUT2D eigenvalue weighted by Gasteiger charge is -2.17. The van der Waals surface area contributed by atoms with Crippen LogP contribution in [0.5, 0.6) is 5.75 Å². The highest BCUT2D eigenvalue weighted by atomic mass is 19.1. The van der Waals surface area contributed by atoms with Crippen LogP contribution in [0.4, 0.5) is 27.5 Å². The SMILES string of the molecule is Cc1cnc(Nc2cc(C)n(C)n2)nc1-c1c[nH]c2c(NC(=O)CN3CCC(Oc4ccc(F)c(N)c4)C3)cccc12. The quantitative estimate of drug-likeness (QED) is 0.200. The number of H-pyrrole nitrogens is 1. The van der Waals surface area contributed by atoms with Gasteiger partial charge in [-0.15, -0.1) is 0 Å². The maximum absolute atomic E-state index is 13.5. The smallest absolute Gasteiger partial charge is 0.238 e. The maximum atomic E-state index is 13.5. The monoisotopic (exact) mass is 569 g/mol. The summed E-state index contributed by atoms with van der Waals surface area (Å²) in [6.45, 7) is 5.47. The fourth-order valence-corrected chi connectivity index (χ4v) is 5.18. The van der Waals surface area contributed by atoms with Gasteiger partial charge in [0.25, 0.3) is 0 Å². The summed E-state index contributed by atoms with van der Waals surface area (Å²) in [6.07, 6.45) is 4.34. The third-order valence-electron chi connectivity index (χ3n) is 7.44. The number of hydrogen-bond donors (Lipinski definition) is 4. The van der Waals surface area contributed by atoms with Gasteiger partial charge in [-0.3, -0.25) is 14.4 Å². The molecule has 0 aliphatic carbocycles. The number of amides is 1. The van der Waals surface area contributed by atoms with Crippen molar-refractivity contribution in [3.8, 4) is 17.0 Å². The number of aromatic nitrogens is 5. The van der Waals surface area contributed by atoms with Crippen molar-refractivity contribution in [1.29, 1.82) is 0 Å². The summed E-state index contributed by atoms with van der Waals surface area (Å²) in [4.78, 5) is 27.6. The van der Waals surface area contributed by atoms with Gasteiger partial charge in [-0.05, 0) is 44.0 Å². The molecular formula is C30H32FN9O2. The zero-order chi connectivity index (χ0) is 29.4. The number of carbonyl (C=O) groups excluding carboxylic acids is 1. The molecule has 1 fully saturated rings. The molecule has 0 radical (unpaired) electrons. The summed E-state index contributed by atoms with van der Waals surface area (Å²) in [5, 5.41) is 11.6. The van der Waals surface area contributed by atoms with Crippen LogP contribution in [0.3, 0.4) is 0 Å². The fourth-order valence-electron chi connectivity index (χ4n) is 5.18. The molecule has 1 amide bonds. The van der Waals surface area contributed by atoms with Crippen LogP contribution in [0.15, 0.2) is 54.9 Å². The second-order valence-electron chi connectivity index (χ2n) is 10.6. The van der Waals surface area contributed by atoms with E-state index in [1.54, 1.807) is 16.9 Å². The number of nitrogens with two attached hydrogens (primary N) is 1. The number of halogens is 1. The lowest BCUT2D eigenvalue weighted by atomic mass is 10.1. The Labute approximate surface area is 241 Å². The van der Waals surface area contributed by atoms with Crippen LogP contribution in [0, 0.1) is 19.7 Å². The maximum Gasteiger partial charge on any atom is 0.238 e. The molecule has 0 saturated carbocycles. The molecule has 1 aliphatic rings. The van der Waals surface area contributed by atoms with Gasteiger partial charge < -0.3 is 26.1 Å². The van der Waals surface area contributed by atoms with E-state index in [1.165, 1.54) is 12.1 Å². The predicted molar refractivity (Wildman–Crippen MR) is 160 cm³/mol. The summed E-state index contributed by atoms with van der Waals surface area (Å²) in [6, 6.07) is 12.1. The number of carbonyl (C=O) groups is 1. The van der Waals surface area contributed by atoms with Crippen molar-refractivity contribution >= 4 is 40.0 Å². The summed E-state index contributed by atoms with van der Waals surface area (Å²) < 4.78 is 21.2. The molecule has 0 spiro atoms. The van der Waals surface area contributed by atoms with Gasteiger partial charge >= 0.3 is 0 Å². The largest absolute Gasteiger partial charge is 0.489 e. The first-order valence-electron chi connectivity index (χ1n) is 13.7. The number of benzene rings is 2. The number of nitrogens with one attached hydrogen (secondary N) is 3. The summed E-state index contributed by atoms with van der Waals surface area (Å²) in [5.74, 6) is 1.04. The summed E-state index contributed by atoms with van der Waals surface area (Å²) >= 11 is 0. The zero-order valence-electron chi connectivity index (χ0n) is 23.6. The highest BCUT2D eigenvalue weighted by molar-refractivity contribution is 6.06. The van der Waals surface area contributed by atoms with Crippen molar-refractivity contribution in [2.24, 2.45) is 7.05 Å². The Bertz CT molecular complexity index is 1760. The van der Waals surface area contributed by atoms with E-state index in [0.717, 1.165) is 39.8 Å². The van der Waals surface area contributed by atoms with Crippen molar-refractivity contribution in [3.63, 3.8) is 0 Å². The Hall–Kier alpha value is -4.97. The highest BCUT2D eigenvalue weighted by Gasteiger charge is 2.26. The molecule has 42 heavy (non-hydrogen) atoms. The van der Waals surface area contributed by atoms with Gasteiger partial charge in [0.15, 0.2) is 5.82 Å². The van der Waals surface area contributed by atoms with Crippen LogP contribution in [-0.4, -0.2) is 61.3 Å². The van der Waals surface area contributed by atoms with Gasteiger partial charge in [0.05, 0.1) is 29.1 Å². The van der Waals surface area contributed by atoms with Crippen molar-refractivity contribution in [2.45, 2.75) is 26.4 Å². The highest BCUT2D eigenvalue weighted by Crippen LogP contribution is 2.33. The minimum atomic E-state index is -0.471. The number of nitrogens with zero attached hydrogens (tertiary/aromatic N) is 5. The van der Waals surface area contributed by atoms with Crippen LogP contribution < -0.4 is 21.1 Å². The number of anilines is 4. The molecule has 3 aromatic heterocycles. The lowest BCUT2D eigenvalue weighted by molar-refractivity contribution is -0.117. The van der Waals surface area contributed by atoms with Crippen LogP contribution >= 0.6 is 0 Å². The molecule has 5 N–H and O–H groups in total. The van der Waals surface area contributed by atoms with E-state index in [-0.39, 0.29) is 24.2 Å². The zero-order valence-corrected chi connectivity index (χ0v) is 23.6. The molecule has 0 bridgehead atoms. The van der Waals surface area contributed by atoms with Crippen LogP contribution in [-0.2, 0) is 11.8 Å². The Morgan fingerprint density at radius 1 is 1.24 bits per heavy atom. The van der Waals surface area contributed by atoms with E-state index >= 15 is 0 Å². The van der Waals surface area contributed by atoms with Gasteiger partial charge in [0, 0.05) is 61.3 Å². The van der Waals surface area contributed by atoms with E-state index in [0.29, 0.717) is 36.3 Å². The first kappa shape index (κ1) is 27.2. The number of aromatic amines is 1. The van der Waals surface area contributed by atoms with Gasteiger partial charge in [-0.25, -0.2) is 14.4 Å². The number of likely N-dealkylation sites (tertiary alicyclic amines) is 1. The Morgan fingerprint density at radius 2 is 2.10 bits per heavy atom. The summed E-state index contributed by atoms with van der Waals surface area (Å²) in [7, 11) is 1.88. The van der Waals surface area contributed by atoms with Gasteiger partial charge in [-0.2, -0.15) is 5.10 Å². The first-order chi connectivity index (χ1) is 20.2. The Balaban J connectivity index is 1.13. The minimum Gasteiger partial charge on any atom is -0.489 e. The average Bonchev–Trinajstić information content (AvgIpc) is 3.66. The van der Waals surface area contributed by atoms with E-state index in [4.69, 9.17) is 15.5 Å². The average molecular weight is 570 g/mol. The standard InChI is InChI=1S/C30H32FN9O2/c1-17-13-34-30(36-26-11-18(2)39(3)38-26)37-28(17)22-14-33-29-21(22)5-4-6-25(29)35-27(41)16-40-10-9-20(15-40)42-19-7-8-23(31)24(32)12-19/h4-8,11-14,20,33H,9-10,15-16,32H2,1-3H3,(H,35,41)(H,34,36,37,38). The molecule has 5 aromatic rings. The third kappa shape index (κ3) is 5.61. The van der Waals surface area contributed by atoms with Crippen molar-refractivity contribution in [3.05, 3.63) is 71.9 Å². The van der Waals surface area contributed by atoms with E-state index in [1.807, 2.05) is 56.3 Å². The number of aryl methyl sites for hydroxylation is 3. The van der Waals surface area contributed by atoms with E-state index < -0.39 is 5.82 Å². The normalized spacial score (nSPS) is 15.3. The van der Waals surface area contributed by atoms with Crippen molar-refractivity contribution < 1.29 is 13.9 Å². The molecule has 1 atom stereocenters. The number of rotatable bonds is 8. The van der Waals surface area contributed by atoms with Crippen molar-refractivity contribution in [2.75, 3.05) is 36.0 Å². The number of ether oxygens (including phenoxy) is 1. The van der Waals surface area contributed by atoms with Crippen LogP contribution in [0.1, 0.15) is 17.7 Å². The molecule has 216 valence electrons. The molecule has 12 heteroatoms. The minimum absolute atomic E-state index is 0.0508. The number of para-hydroxylation sites is 1. The third-order valence-corrected chi connectivity index (χ3v) is 7.44. The van der Waals surface area contributed by atoms with Gasteiger partial charge in [0.2, 0.25) is 11.9 Å². The van der Waals surface area contributed by atoms with Gasteiger partial charge in [-0.1, -0.05) is 12.1 Å². The number of hydrogen-bond acceptors (Lipinski definition) is 8. The number of nitrogen functional groups attached to an aromatic ring is 1. The topological polar surface area (TPSA) is 139 Å². The Morgan fingerprint density at radius 3 is 2.88 bits per heavy atom. The van der Waals surface area contributed by atoms with Crippen LogP contribution in [0.25, 0.3) is 22.2 Å². The molecule has 1 saturated heterocycles. The number of fused-ring (bicyclic) bond motifs is 1. The van der Waals surface area contributed by atoms with E-state index in [9.17, 15) is 9.18 Å². The lowest BCUT2D eigenvalue weighted by Crippen LogP contribution is -2.33. The fraction of sp³-hybridized carbons (Fsp3) is 0.267. The summed E-state index contributed by atoms with van der Waals surface area (Å²) in [5.41, 5.74) is 10.8. The molecule has 1 unspecified atom stereocenters. The van der Waals surface area contributed by atoms with Crippen LogP contribution in [0.2, 0.25) is 0 Å². The predicted octanol–water partition coefficient (Wildman–Crippen LogP) is 4.53. The second kappa shape index (κ2) is 11.1. The molecule has 6 rings (SSSR count). The molecule has 11 nitrogen and oxygen atoms in total. The second-order valence-corrected chi connectivity index (χ2v) is 10.6. The molecule has 2 aromatic carbocycles. The molecule has 4 heterocycles. The molecule has 1 aliphatic heterocycles. The Kier molecular flexibility index (Phi) is 7.21. The van der Waals surface area contributed by atoms with E-state index in [2.05, 4.69) is 25.7 Å². The van der Waals surface area contributed by atoms with Crippen molar-refractivity contribution in [1.82, 2.24) is 29.6 Å².